The molecule has 0 aromatic carbocycles. The number of carbonyl (C=O) groups excluding carboxylic acids is 2. The molecule has 0 unspecified atom stereocenters. The molecular formula is C17H25NO2Si. The van der Waals surface area contributed by atoms with Gasteiger partial charge in [-0.15, -0.1) is 0 Å². The van der Waals surface area contributed by atoms with Gasteiger partial charge in [0.15, 0.2) is 5.78 Å². The van der Waals surface area contributed by atoms with Crippen molar-refractivity contribution in [1.29, 1.82) is 5.26 Å². The number of Topliss-reactive ketones (excluding diaryl/α,β-unsaturated/α-hetero) is 1. The Morgan fingerprint density at radius 3 is 2.57 bits per heavy atom. The smallest absolute Gasteiger partial charge is 0.157 e. The highest BCUT2D eigenvalue weighted by atomic mass is 28.3. The van der Waals surface area contributed by atoms with Crippen molar-refractivity contribution in [2.75, 3.05) is 0 Å². The molecule has 4 heteroatoms. The number of nitrogens with zero attached hydrogens (tertiary/aromatic N) is 1. The number of hydrogen-bond acceptors (Lipinski definition) is 3. The average Bonchev–Trinajstić information content (AvgIpc) is 2.77. The van der Waals surface area contributed by atoms with Crippen molar-refractivity contribution in [2.45, 2.75) is 64.6 Å². The molecule has 0 aliphatic heterocycles. The summed E-state index contributed by atoms with van der Waals surface area (Å²) in [6.45, 7) is 10.4. The second kappa shape index (κ2) is 4.91. The van der Waals surface area contributed by atoms with Gasteiger partial charge in [0.25, 0.3) is 0 Å². The molecule has 2 rings (SSSR count). The SMILES string of the molecule is CC(C)(C)[Si](C)(C)C(=O)C1=CC[C@@H]2CCCC(=O)[C@]12C#N. The number of hydrogen-bond donors (Lipinski definition) is 0. The molecule has 114 valence electrons. The maximum absolute atomic E-state index is 13.2. The van der Waals surface area contributed by atoms with Crippen LogP contribution in [0.2, 0.25) is 18.1 Å². The fraction of sp³-hybridized carbons (Fsp3) is 0.706. The summed E-state index contributed by atoms with van der Waals surface area (Å²) in [5, 5.41) is 9.78. The molecule has 0 saturated heterocycles. The van der Waals surface area contributed by atoms with E-state index in [4.69, 9.17) is 0 Å². The summed E-state index contributed by atoms with van der Waals surface area (Å²) < 4.78 is 0. The van der Waals surface area contributed by atoms with Crippen molar-refractivity contribution in [3.8, 4) is 6.07 Å². The van der Waals surface area contributed by atoms with Gasteiger partial charge in [0, 0.05) is 12.0 Å². The highest BCUT2D eigenvalue weighted by Crippen LogP contribution is 2.52. The van der Waals surface area contributed by atoms with E-state index >= 15 is 0 Å². The normalized spacial score (nSPS) is 29.6. The Morgan fingerprint density at radius 1 is 1.43 bits per heavy atom. The van der Waals surface area contributed by atoms with Gasteiger partial charge in [0.1, 0.15) is 18.9 Å². The number of ketones is 1. The van der Waals surface area contributed by atoms with Gasteiger partial charge in [-0.25, -0.2) is 0 Å². The number of allylic oxidation sites excluding steroid dienone is 2. The molecule has 0 N–H and O–H groups in total. The van der Waals surface area contributed by atoms with E-state index in [2.05, 4.69) is 39.9 Å². The van der Waals surface area contributed by atoms with Crippen LogP contribution in [0.5, 0.6) is 0 Å². The third-order valence-corrected chi connectivity index (χ3v) is 11.1. The highest BCUT2D eigenvalue weighted by Gasteiger charge is 2.58. The Balaban J connectivity index is 2.48. The summed E-state index contributed by atoms with van der Waals surface area (Å²) in [6, 6.07) is 2.27. The molecule has 0 amide bonds. The number of nitriles is 1. The summed E-state index contributed by atoms with van der Waals surface area (Å²) >= 11 is 0. The van der Waals surface area contributed by atoms with Crippen LogP contribution in [0.3, 0.4) is 0 Å². The molecule has 21 heavy (non-hydrogen) atoms. The third-order valence-electron chi connectivity index (χ3n) is 5.90. The molecule has 0 radical (unpaired) electrons. The van der Waals surface area contributed by atoms with Gasteiger partial charge in [-0.3, -0.25) is 4.79 Å². The van der Waals surface area contributed by atoms with Crippen LogP contribution in [0.4, 0.5) is 0 Å². The van der Waals surface area contributed by atoms with Crippen molar-refractivity contribution in [3.63, 3.8) is 0 Å². The van der Waals surface area contributed by atoms with Crippen LogP contribution in [0.25, 0.3) is 0 Å². The fourth-order valence-corrected chi connectivity index (χ4v) is 5.05. The Morgan fingerprint density at radius 2 is 2.05 bits per heavy atom. The minimum absolute atomic E-state index is 0.0208. The van der Waals surface area contributed by atoms with Crippen LogP contribution in [0, 0.1) is 22.7 Å². The van der Waals surface area contributed by atoms with E-state index in [1.54, 1.807) is 0 Å². The maximum atomic E-state index is 13.2. The van der Waals surface area contributed by atoms with Crippen LogP contribution < -0.4 is 0 Å². The topological polar surface area (TPSA) is 57.9 Å². The summed E-state index contributed by atoms with van der Waals surface area (Å²) in [5.41, 5.74) is -0.600. The van der Waals surface area contributed by atoms with E-state index in [1.807, 2.05) is 6.08 Å². The third kappa shape index (κ3) is 2.14. The summed E-state index contributed by atoms with van der Waals surface area (Å²) in [4.78, 5) is 25.7. The number of carbonyl (C=O) groups is 2. The van der Waals surface area contributed by atoms with E-state index in [9.17, 15) is 14.9 Å². The van der Waals surface area contributed by atoms with Gasteiger partial charge < -0.3 is 4.79 Å². The largest absolute Gasteiger partial charge is 0.300 e. The van der Waals surface area contributed by atoms with Crippen molar-refractivity contribution in [1.82, 2.24) is 0 Å². The van der Waals surface area contributed by atoms with Crippen LogP contribution >= 0.6 is 0 Å². The summed E-state index contributed by atoms with van der Waals surface area (Å²) in [5.74, 6) is -0.00970. The number of rotatable bonds is 2. The van der Waals surface area contributed by atoms with Gasteiger partial charge in [-0.1, -0.05) is 39.9 Å². The zero-order valence-corrected chi connectivity index (χ0v) is 14.7. The maximum Gasteiger partial charge on any atom is 0.157 e. The lowest BCUT2D eigenvalue weighted by Gasteiger charge is -2.40. The standard InChI is InChI=1S/C17H25NO2Si/c1-16(2,3)21(4,5)15(20)13-10-9-12-7-6-8-14(19)17(12,13)11-18/h10,12H,6-9H2,1-5H3/t12-,17-/m0/s1. The number of fused-ring (bicyclic) bond motifs is 1. The zero-order valence-electron chi connectivity index (χ0n) is 13.7. The minimum atomic E-state index is -2.25. The summed E-state index contributed by atoms with van der Waals surface area (Å²) in [7, 11) is -2.25. The van der Waals surface area contributed by atoms with Crippen molar-refractivity contribution >= 4 is 19.3 Å². The molecule has 2 atom stereocenters. The summed E-state index contributed by atoms with van der Waals surface area (Å²) in [6.07, 6.45) is 4.77. The molecule has 0 aromatic heterocycles. The molecule has 0 heterocycles. The molecule has 0 aromatic rings. The molecule has 0 bridgehead atoms. The van der Waals surface area contributed by atoms with Gasteiger partial charge >= 0.3 is 0 Å². The Labute approximate surface area is 128 Å². The van der Waals surface area contributed by atoms with E-state index in [1.165, 1.54) is 0 Å². The van der Waals surface area contributed by atoms with E-state index in [-0.39, 0.29) is 22.1 Å². The average molecular weight is 303 g/mol. The van der Waals surface area contributed by atoms with Gasteiger partial charge in [0.05, 0.1) is 6.07 Å². The lowest BCUT2D eigenvalue weighted by molar-refractivity contribution is -0.129. The van der Waals surface area contributed by atoms with E-state index in [0.29, 0.717) is 18.4 Å². The second-order valence-corrected chi connectivity index (χ2v) is 13.2. The second-order valence-electron chi connectivity index (χ2n) is 7.99. The minimum Gasteiger partial charge on any atom is -0.300 e. The molecule has 1 saturated carbocycles. The fourth-order valence-electron chi connectivity index (χ4n) is 3.40. The van der Waals surface area contributed by atoms with Gasteiger partial charge in [0.2, 0.25) is 0 Å². The Bertz CT molecular complexity index is 562. The van der Waals surface area contributed by atoms with Crippen molar-refractivity contribution in [2.24, 2.45) is 11.3 Å². The Hall–Kier alpha value is -1.21. The highest BCUT2D eigenvalue weighted by molar-refractivity contribution is 7.08. The first kappa shape index (κ1) is 16.2. The lowest BCUT2D eigenvalue weighted by Crippen LogP contribution is -2.51. The zero-order chi connectivity index (χ0) is 16.1. The van der Waals surface area contributed by atoms with E-state index in [0.717, 1.165) is 12.8 Å². The molecule has 0 spiro atoms. The lowest BCUT2D eigenvalue weighted by atomic mass is 9.65. The monoisotopic (exact) mass is 303 g/mol. The first-order valence-electron chi connectivity index (χ1n) is 7.79. The van der Waals surface area contributed by atoms with Crippen LogP contribution in [-0.2, 0) is 9.59 Å². The molecule has 3 nitrogen and oxygen atoms in total. The van der Waals surface area contributed by atoms with Gasteiger partial charge in [-0.2, -0.15) is 5.26 Å². The van der Waals surface area contributed by atoms with Crippen molar-refractivity contribution < 1.29 is 9.59 Å². The predicted molar refractivity (Wildman–Crippen MR) is 85.3 cm³/mol. The van der Waals surface area contributed by atoms with Gasteiger partial charge in [-0.05, 0) is 30.2 Å². The Kier molecular flexibility index (Phi) is 3.78. The van der Waals surface area contributed by atoms with Crippen LogP contribution in [0.1, 0.15) is 46.5 Å². The first-order valence-corrected chi connectivity index (χ1v) is 10.8. The quantitative estimate of drug-likeness (QED) is 0.729. The molecule has 2 aliphatic rings. The molecule has 1 fully saturated rings. The molecular weight excluding hydrogens is 278 g/mol. The van der Waals surface area contributed by atoms with Crippen LogP contribution in [-0.4, -0.2) is 19.3 Å². The van der Waals surface area contributed by atoms with Crippen LogP contribution in [0.15, 0.2) is 11.6 Å². The molecule has 2 aliphatic carbocycles. The van der Waals surface area contributed by atoms with Crippen molar-refractivity contribution in [3.05, 3.63) is 11.6 Å². The van der Waals surface area contributed by atoms with E-state index < -0.39 is 13.5 Å². The first-order chi connectivity index (χ1) is 9.59. The predicted octanol–water partition coefficient (Wildman–Crippen LogP) is 3.81.